The third kappa shape index (κ3) is 2.59. The van der Waals surface area contributed by atoms with Crippen LogP contribution in [0.4, 0.5) is 0 Å². The molecule has 1 unspecified atom stereocenters. The van der Waals surface area contributed by atoms with Crippen molar-refractivity contribution < 1.29 is 18.5 Å². The largest absolute Gasteiger partial charge is 0.616 e. The number of carbonyl (C=O) groups excluding carboxylic acids is 1. The van der Waals surface area contributed by atoms with Crippen molar-refractivity contribution in [2.75, 3.05) is 12.9 Å². The van der Waals surface area contributed by atoms with Gasteiger partial charge in [-0.1, -0.05) is 0 Å². The van der Waals surface area contributed by atoms with Crippen molar-refractivity contribution in [3.05, 3.63) is 23.7 Å². The van der Waals surface area contributed by atoms with Crippen molar-refractivity contribution in [2.45, 2.75) is 25.5 Å². The van der Waals surface area contributed by atoms with Gasteiger partial charge in [0.15, 0.2) is 10.5 Å². The quantitative estimate of drug-likeness (QED) is 0.601. The third-order valence-electron chi connectivity index (χ3n) is 2.39. The van der Waals surface area contributed by atoms with Crippen LogP contribution in [-0.4, -0.2) is 23.4 Å². The van der Waals surface area contributed by atoms with Gasteiger partial charge in [0, 0.05) is 0 Å². The van der Waals surface area contributed by atoms with Gasteiger partial charge in [-0.05, 0) is 44.1 Å². The molecule has 1 aromatic heterocycles. The molecule has 90 valence electrons. The molecular formula is C11H16O4S. The predicted molar refractivity (Wildman–Crippen MR) is 61.8 cm³/mol. The second-order valence-corrected chi connectivity index (χ2v) is 5.78. The van der Waals surface area contributed by atoms with Crippen LogP contribution in [0.3, 0.4) is 0 Å². The summed E-state index contributed by atoms with van der Waals surface area (Å²) in [5.74, 6) is 0.179. The van der Waals surface area contributed by atoms with E-state index in [0.29, 0.717) is 12.4 Å². The molecule has 0 saturated heterocycles. The normalized spacial score (nSPS) is 13.6. The molecule has 1 atom stereocenters. The second kappa shape index (κ2) is 4.93. The van der Waals surface area contributed by atoms with Gasteiger partial charge in [-0.2, -0.15) is 0 Å². The summed E-state index contributed by atoms with van der Waals surface area (Å²) in [7, 11) is 0. The number of ether oxygens (including phenoxy) is 1. The van der Waals surface area contributed by atoms with E-state index in [0.717, 1.165) is 0 Å². The molecule has 0 amide bonds. The number of hydrogen-bond donors (Lipinski definition) is 0. The molecule has 0 aromatic carbocycles. The molecule has 5 heteroatoms. The van der Waals surface area contributed by atoms with Crippen LogP contribution in [0.15, 0.2) is 16.5 Å². The molecule has 0 spiro atoms. The summed E-state index contributed by atoms with van der Waals surface area (Å²) in [5.41, 5.74) is 0. The Labute approximate surface area is 98.1 Å². The average Bonchev–Trinajstić information content (AvgIpc) is 2.67. The lowest BCUT2D eigenvalue weighted by Gasteiger charge is -2.23. The molecule has 0 saturated carbocycles. The Kier molecular flexibility index (Phi) is 4.04. The highest BCUT2D eigenvalue weighted by molar-refractivity contribution is 7.91. The van der Waals surface area contributed by atoms with Gasteiger partial charge in [0.05, 0.1) is 12.9 Å². The van der Waals surface area contributed by atoms with Crippen molar-refractivity contribution in [1.29, 1.82) is 0 Å². The minimum absolute atomic E-state index is 0.148. The summed E-state index contributed by atoms with van der Waals surface area (Å²) in [5, 5.41) is 0. The molecule has 0 fully saturated rings. The van der Waals surface area contributed by atoms with Gasteiger partial charge in [-0.3, -0.25) is 0 Å². The van der Waals surface area contributed by atoms with E-state index in [1.165, 1.54) is 0 Å². The van der Waals surface area contributed by atoms with Crippen LogP contribution < -0.4 is 0 Å². The maximum atomic E-state index is 11.5. The maximum absolute atomic E-state index is 11.5. The van der Waals surface area contributed by atoms with Gasteiger partial charge in [-0.15, -0.1) is 0 Å². The number of hydrogen-bond acceptors (Lipinski definition) is 4. The van der Waals surface area contributed by atoms with E-state index < -0.39 is 21.9 Å². The first kappa shape index (κ1) is 13.1. The number of furan rings is 1. The summed E-state index contributed by atoms with van der Waals surface area (Å²) in [6.45, 7) is 5.64. The summed E-state index contributed by atoms with van der Waals surface area (Å²) in [4.78, 5) is 11.4. The fourth-order valence-corrected chi connectivity index (χ4v) is 1.51. The Bertz CT molecular complexity index is 368. The minimum atomic E-state index is -1.08. The molecule has 1 heterocycles. The molecule has 0 radical (unpaired) electrons. The highest BCUT2D eigenvalue weighted by Crippen LogP contribution is 2.30. The fraction of sp³-hybridized carbons (Fsp3) is 0.545. The van der Waals surface area contributed by atoms with Crippen LogP contribution in [0.1, 0.15) is 37.1 Å². The lowest BCUT2D eigenvalue weighted by atomic mass is 10.1. The van der Waals surface area contributed by atoms with Crippen molar-refractivity contribution >= 4 is 17.1 Å². The average molecular weight is 244 g/mol. The number of rotatable bonds is 4. The zero-order valence-corrected chi connectivity index (χ0v) is 10.7. The van der Waals surface area contributed by atoms with E-state index in [1.54, 1.807) is 39.2 Å². The molecule has 0 bridgehead atoms. The molecular weight excluding hydrogens is 228 g/mol. The summed E-state index contributed by atoms with van der Waals surface area (Å²) in [6.07, 6.45) is 1.60. The Morgan fingerprint density at radius 3 is 2.69 bits per heavy atom. The zero-order chi connectivity index (χ0) is 12.3. The van der Waals surface area contributed by atoms with Crippen LogP contribution >= 0.6 is 0 Å². The first-order chi connectivity index (χ1) is 7.39. The predicted octanol–water partition coefficient (Wildman–Crippen LogP) is 2.07. The fourth-order valence-electron chi connectivity index (χ4n) is 1.12. The number of carbonyl (C=O) groups is 1. The molecule has 0 N–H and O–H groups in total. The topological polar surface area (TPSA) is 62.5 Å². The van der Waals surface area contributed by atoms with Crippen molar-refractivity contribution in [3.8, 4) is 0 Å². The number of esters is 1. The van der Waals surface area contributed by atoms with Crippen molar-refractivity contribution in [1.82, 2.24) is 0 Å². The molecule has 1 aromatic rings. The van der Waals surface area contributed by atoms with E-state index in [4.69, 9.17) is 9.15 Å². The van der Waals surface area contributed by atoms with E-state index in [1.807, 2.05) is 0 Å². The third-order valence-corrected chi connectivity index (χ3v) is 4.03. The SMILES string of the molecule is CCOC(=O)c1ccc(C(C)(C)[S+](C)[O-])o1. The van der Waals surface area contributed by atoms with Gasteiger partial charge < -0.3 is 13.7 Å². The van der Waals surface area contributed by atoms with Gasteiger partial charge in [0.25, 0.3) is 0 Å². The smallest absolute Gasteiger partial charge is 0.374 e. The van der Waals surface area contributed by atoms with E-state index >= 15 is 0 Å². The van der Waals surface area contributed by atoms with Crippen LogP contribution in [0.5, 0.6) is 0 Å². The second-order valence-electron chi connectivity index (χ2n) is 3.85. The van der Waals surface area contributed by atoms with Crippen LogP contribution in [0, 0.1) is 0 Å². The van der Waals surface area contributed by atoms with E-state index in [9.17, 15) is 9.35 Å². The van der Waals surface area contributed by atoms with E-state index in [2.05, 4.69) is 0 Å². The molecule has 1 rings (SSSR count). The molecule has 0 aliphatic carbocycles. The lowest BCUT2D eigenvalue weighted by Crippen LogP contribution is -2.27. The van der Waals surface area contributed by atoms with Gasteiger partial charge in [-0.25, -0.2) is 4.79 Å². The van der Waals surface area contributed by atoms with Gasteiger partial charge >= 0.3 is 5.97 Å². The van der Waals surface area contributed by atoms with Crippen molar-refractivity contribution in [3.63, 3.8) is 0 Å². The molecule has 0 aliphatic heterocycles. The molecule has 0 aliphatic rings. The van der Waals surface area contributed by atoms with Crippen molar-refractivity contribution in [2.24, 2.45) is 0 Å². The van der Waals surface area contributed by atoms with Gasteiger partial charge in [0.2, 0.25) is 5.76 Å². The Morgan fingerprint density at radius 1 is 1.56 bits per heavy atom. The maximum Gasteiger partial charge on any atom is 0.374 e. The van der Waals surface area contributed by atoms with Gasteiger partial charge in [0.1, 0.15) is 0 Å². The standard InChI is InChI=1S/C11H16O4S/c1-5-14-10(12)8-6-7-9(15-8)11(2,3)16(4)13/h6-7H,5H2,1-4H3. The van der Waals surface area contributed by atoms with Crippen LogP contribution in [0.2, 0.25) is 0 Å². The monoisotopic (exact) mass is 244 g/mol. The first-order valence-corrected chi connectivity index (χ1v) is 6.56. The Balaban J connectivity index is 2.91. The summed E-state index contributed by atoms with van der Waals surface area (Å²) in [6, 6.07) is 3.20. The Hall–Kier alpha value is -0.940. The highest BCUT2D eigenvalue weighted by Gasteiger charge is 2.34. The zero-order valence-electron chi connectivity index (χ0n) is 9.90. The lowest BCUT2D eigenvalue weighted by molar-refractivity contribution is 0.0487. The Morgan fingerprint density at radius 2 is 2.19 bits per heavy atom. The van der Waals surface area contributed by atoms with Crippen LogP contribution in [0.25, 0.3) is 0 Å². The minimum Gasteiger partial charge on any atom is -0.616 e. The molecule has 16 heavy (non-hydrogen) atoms. The van der Waals surface area contributed by atoms with E-state index in [-0.39, 0.29) is 5.76 Å². The summed E-state index contributed by atoms with van der Waals surface area (Å²) < 4.78 is 21.1. The molecule has 4 nitrogen and oxygen atoms in total. The first-order valence-electron chi connectivity index (χ1n) is 5.00. The van der Waals surface area contributed by atoms with Crippen LogP contribution in [-0.2, 0) is 20.7 Å². The summed E-state index contributed by atoms with van der Waals surface area (Å²) >= 11 is -1.08. The highest BCUT2D eigenvalue weighted by atomic mass is 32.2.